The molecule has 2 N–H and O–H groups in total. The Hall–Kier alpha value is -1.02. The SMILES string of the molecule is CCC(C)C(c1ccccc1)C(N)c1cccc(Cl)c1Cl. The summed E-state index contributed by atoms with van der Waals surface area (Å²) in [5, 5.41) is 1.12. The van der Waals surface area contributed by atoms with Crippen LogP contribution in [0.15, 0.2) is 48.5 Å². The van der Waals surface area contributed by atoms with Crippen LogP contribution < -0.4 is 5.73 Å². The number of rotatable bonds is 5. The van der Waals surface area contributed by atoms with Crippen LogP contribution in [0.1, 0.15) is 43.4 Å². The molecule has 0 spiro atoms. The van der Waals surface area contributed by atoms with Gasteiger partial charge in [0.1, 0.15) is 0 Å². The predicted octanol–water partition coefficient (Wildman–Crippen LogP) is 5.82. The van der Waals surface area contributed by atoms with Crippen molar-refractivity contribution in [2.24, 2.45) is 11.7 Å². The summed E-state index contributed by atoms with van der Waals surface area (Å²) >= 11 is 12.5. The van der Waals surface area contributed by atoms with Crippen LogP contribution in [-0.2, 0) is 0 Å². The summed E-state index contributed by atoms with van der Waals surface area (Å²) in [6.45, 7) is 4.42. The van der Waals surface area contributed by atoms with Gasteiger partial charge in [0.2, 0.25) is 0 Å². The average Bonchev–Trinajstić information content (AvgIpc) is 2.51. The molecule has 0 saturated heterocycles. The molecule has 2 aromatic rings. The smallest absolute Gasteiger partial charge is 0.0640 e. The van der Waals surface area contributed by atoms with Gasteiger partial charge < -0.3 is 5.73 Å². The molecule has 2 aromatic carbocycles. The fourth-order valence-electron chi connectivity index (χ4n) is 2.79. The number of hydrogen-bond donors (Lipinski definition) is 1. The Morgan fingerprint density at radius 2 is 1.67 bits per heavy atom. The standard InChI is InChI=1S/C18H21Cl2N/c1-3-12(2)16(13-8-5-4-6-9-13)18(21)14-10-7-11-15(19)17(14)20/h4-12,16,18H,3,21H2,1-2H3. The van der Waals surface area contributed by atoms with Gasteiger partial charge in [-0.1, -0.05) is 85.9 Å². The molecule has 0 saturated carbocycles. The lowest BCUT2D eigenvalue weighted by Crippen LogP contribution is -2.25. The summed E-state index contributed by atoms with van der Waals surface area (Å²) in [7, 11) is 0. The molecule has 0 aliphatic rings. The third kappa shape index (κ3) is 3.60. The molecule has 1 nitrogen and oxygen atoms in total. The molecular formula is C18H21Cl2N. The second-order valence-electron chi connectivity index (χ2n) is 5.49. The number of halogens is 2. The molecule has 0 aromatic heterocycles. The van der Waals surface area contributed by atoms with Crippen molar-refractivity contribution in [1.82, 2.24) is 0 Å². The molecule has 0 radical (unpaired) electrons. The minimum absolute atomic E-state index is 0.173. The molecule has 0 bridgehead atoms. The largest absolute Gasteiger partial charge is 0.323 e. The lowest BCUT2D eigenvalue weighted by molar-refractivity contribution is 0.388. The van der Waals surface area contributed by atoms with E-state index in [9.17, 15) is 0 Å². The Balaban J connectivity index is 2.44. The van der Waals surface area contributed by atoms with Gasteiger partial charge in [0, 0.05) is 12.0 Å². The summed E-state index contributed by atoms with van der Waals surface area (Å²) in [5.74, 6) is 0.671. The van der Waals surface area contributed by atoms with E-state index in [-0.39, 0.29) is 12.0 Å². The van der Waals surface area contributed by atoms with Gasteiger partial charge in [-0.3, -0.25) is 0 Å². The van der Waals surface area contributed by atoms with E-state index in [0.29, 0.717) is 16.0 Å². The van der Waals surface area contributed by atoms with E-state index in [0.717, 1.165) is 12.0 Å². The van der Waals surface area contributed by atoms with Crippen LogP contribution >= 0.6 is 23.2 Å². The van der Waals surface area contributed by atoms with Crippen LogP contribution in [-0.4, -0.2) is 0 Å². The molecule has 0 amide bonds. The predicted molar refractivity (Wildman–Crippen MR) is 92.0 cm³/mol. The highest BCUT2D eigenvalue weighted by Crippen LogP contribution is 2.40. The Morgan fingerprint density at radius 1 is 1.00 bits per heavy atom. The van der Waals surface area contributed by atoms with E-state index >= 15 is 0 Å². The van der Waals surface area contributed by atoms with Crippen LogP contribution in [0.4, 0.5) is 0 Å². The van der Waals surface area contributed by atoms with E-state index in [1.165, 1.54) is 5.56 Å². The molecule has 0 fully saturated rings. The number of nitrogens with two attached hydrogens (primary N) is 1. The normalized spacial score (nSPS) is 15.5. The first-order chi connectivity index (χ1) is 10.1. The molecular weight excluding hydrogens is 301 g/mol. The van der Waals surface area contributed by atoms with Gasteiger partial charge in [-0.15, -0.1) is 0 Å². The van der Waals surface area contributed by atoms with Crippen LogP contribution in [0.25, 0.3) is 0 Å². The molecule has 0 aliphatic heterocycles. The van der Waals surface area contributed by atoms with Gasteiger partial charge in [0.25, 0.3) is 0 Å². The first-order valence-electron chi connectivity index (χ1n) is 7.30. The third-order valence-electron chi connectivity index (χ3n) is 4.17. The minimum atomic E-state index is -0.173. The Bertz CT molecular complexity index is 583. The number of benzene rings is 2. The molecule has 21 heavy (non-hydrogen) atoms. The lowest BCUT2D eigenvalue weighted by Gasteiger charge is -2.30. The van der Waals surface area contributed by atoms with E-state index in [4.69, 9.17) is 28.9 Å². The summed E-state index contributed by atoms with van der Waals surface area (Å²) in [6, 6.07) is 15.9. The van der Waals surface area contributed by atoms with Crippen LogP contribution in [0.5, 0.6) is 0 Å². The Morgan fingerprint density at radius 3 is 2.29 bits per heavy atom. The molecule has 0 aliphatic carbocycles. The van der Waals surface area contributed by atoms with Crippen molar-refractivity contribution in [2.75, 3.05) is 0 Å². The minimum Gasteiger partial charge on any atom is -0.323 e. The Labute approximate surface area is 137 Å². The maximum atomic E-state index is 6.57. The fraction of sp³-hybridized carbons (Fsp3) is 0.333. The second-order valence-corrected chi connectivity index (χ2v) is 6.28. The lowest BCUT2D eigenvalue weighted by atomic mass is 9.78. The Kier molecular flexibility index (Phi) is 5.69. The third-order valence-corrected chi connectivity index (χ3v) is 5.00. The van der Waals surface area contributed by atoms with Crippen molar-refractivity contribution in [3.05, 3.63) is 69.7 Å². The van der Waals surface area contributed by atoms with Crippen molar-refractivity contribution in [3.63, 3.8) is 0 Å². The monoisotopic (exact) mass is 321 g/mol. The van der Waals surface area contributed by atoms with E-state index in [1.807, 2.05) is 18.2 Å². The summed E-state index contributed by atoms with van der Waals surface area (Å²) < 4.78 is 0. The zero-order chi connectivity index (χ0) is 15.4. The number of hydrogen-bond acceptors (Lipinski definition) is 1. The van der Waals surface area contributed by atoms with Crippen molar-refractivity contribution >= 4 is 23.2 Å². The average molecular weight is 322 g/mol. The van der Waals surface area contributed by atoms with Gasteiger partial charge in [0.05, 0.1) is 10.0 Å². The maximum Gasteiger partial charge on any atom is 0.0640 e. The molecule has 3 atom stereocenters. The van der Waals surface area contributed by atoms with Crippen molar-refractivity contribution < 1.29 is 0 Å². The van der Waals surface area contributed by atoms with E-state index < -0.39 is 0 Å². The molecule has 0 heterocycles. The summed E-state index contributed by atoms with van der Waals surface area (Å²) in [4.78, 5) is 0. The zero-order valence-corrected chi connectivity index (χ0v) is 13.9. The topological polar surface area (TPSA) is 26.0 Å². The van der Waals surface area contributed by atoms with Gasteiger partial charge in [-0.2, -0.15) is 0 Å². The van der Waals surface area contributed by atoms with Crippen molar-refractivity contribution in [1.29, 1.82) is 0 Å². The van der Waals surface area contributed by atoms with E-state index in [2.05, 4.69) is 38.1 Å². The molecule has 3 unspecified atom stereocenters. The van der Waals surface area contributed by atoms with Gasteiger partial charge in [-0.05, 0) is 23.1 Å². The summed E-state index contributed by atoms with van der Waals surface area (Å²) in [6.07, 6.45) is 1.06. The zero-order valence-electron chi connectivity index (χ0n) is 12.4. The highest BCUT2D eigenvalue weighted by molar-refractivity contribution is 6.42. The van der Waals surface area contributed by atoms with Gasteiger partial charge >= 0.3 is 0 Å². The van der Waals surface area contributed by atoms with E-state index in [1.54, 1.807) is 6.07 Å². The maximum absolute atomic E-state index is 6.57. The molecule has 2 rings (SSSR count). The highest BCUT2D eigenvalue weighted by atomic mass is 35.5. The van der Waals surface area contributed by atoms with Crippen LogP contribution in [0.3, 0.4) is 0 Å². The van der Waals surface area contributed by atoms with Crippen molar-refractivity contribution in [3.8, 4) is 0 Å². The van der Waals surface area contributed by atoms with Gasteiger partial charge in [0.15, 0.2) is 0 Å². The van der Waals surface area contributed by atoms with Crippen LogP contribution in [0, 0.1) is 5.92 Å². The first kappa shape index (κ1) is 16.4. The molecule has 112 valence electrons. The van der Waals surface area contributed by atoms with Crippen molar-refractivity contribution in [2.45, 2.75) is 32.2 Å². The summed E-state index contributed by atoms with van der Waals surface area (Å²) in [5.41, 5.74) is 8.74. The first-order valence-corrected chi connectivity index (χ1v) is 8.06. The van der Waals surface area contributed by atoms with Gasteiger partial charge in [-0.25, -0.2) is 0 Å². The van der Waals surface area contributed by atoms with Crippen LogP contribution in [0.2, 0.25) is 10.0 Å². The highest BCUT2D eigenvalue weighted by Gasteiger charge is 2.27. The second kappa shape index (κ2) is 7.31. The fourth-order valence-corrected chi connectivity index (χ4v) is 3.22. The quantitative estimate of drug-likeness (QED) is 0.737. The molecule has 3 heteroatoms.